The van der Waals surface area contributed by atoms with E-state index < -0.39 is 16.4 Å². The number of carbonyl (C=O) groups excluding carboxylic acids is 1. The van der Waals surface area contributed by atoms with Crippen LogP contribution in [-0.4, -0.2) is 20.5 Å². The molecule has 0 spiro atoms. The van der Waals surface area contributed by atoms with E-state index in [1.165, 1.54) is 41.9 Å². The molecule has 4 aromatic rings. The zero-order valence-electron chi connectivity index (χ0n) is 15.2. The largest absolute Gasteiger partial charge is 0.281 e. The van der Waals surface area contributed by atoms with Gasteiger partial charge in [-0.25, -0.2) is 9.66 Å². The van der Waals surface area contributed by atoms with E-state index >= 15 is 0 Å². The second-order valence-corrected chi connectivity index (χ2v) is 7.45. The standard InChI is InChI=1S/C20H14N4O4S/c1-12-16(13-5-3-2-4-6-13)17-19(29-12)21-11-23(20(17)26)22-18(25)14-7-9-15(10-8-14)24(27)28/h2-11H,1H3,(H,22,25). The maximum Gasteiger partial charge on any atom is 0.281 e. The number of carbonyl (C=O) groups is 1. The molecule has 29 heavy (non-hydrogen) atoms. The van der Waals surface area contributed by atoms with Crippen LogP contribution in [0, 0.1) is 17.0 Å². The Morgan fingerprint density at radius 1 is 1.14 bits per heavy atom. The van der Waals surface area contributed by atoms with E-state index in [1.54, 1.807) is 0 Å². The Bertz CT molecular complexity index is 1290. The van der Waals surface area contributed by atoms with Gasteiger partial charge in [0.05, 0.1) is 10.3 Å². The number of nitro benzene ring substituents is 1. The van der Waals surface area contributed by atoms with Crippen molar-refractivity contribution in [2.45, 2.75) is 6.92 Å². The SMILES string of the molecule is Cc1sc2ncn(NC(=O)c3ccc([N+](=O)[O-])cc3)c(=O)c2c1-c1ccccc1. The first-order valence-electron chi connectivity index (χ1n) is 8.57. The maximum atomic E-state index is 13.1. The topological polar surface area (TPSA) is 107 Å². The van der Waals surface area contributed by atoms with Gasteiger partial charge >= 0.3 is 0 Å². The van der Waals surface area contributed by atoms with E-state index in [9.17, 15) is 19.7 Å². The molecule has 0 saturated carbocycles. The number of benzene rings is 2. The molecule has 1 N–H and O–H groups in total. The van der Waals surface area contributed by atoms with E-state index in [0.29, 0.717) is 10.2 Å². The summed E-state index contributed by atoms with van der Waals surface area (Å²) in [6.07, 6.45) is 1.26. The van der Waals surface area contributed by atoms with Crippen LogP contribution in [0.5, 0.6) is 0 Å². The predicted molar refractivity (Wildman–Crippen MR) is 111 cm³/mol. The molecule has 0 atom stereocenters. The van der Waals surface area contributed by atoms with Crippen molar-refractivity contribution in [3.05, 3.63) is 91.8 Å². The zero-order valence-corrected chi connectivity index (χ0v) is 16.0. The lowest BCUT2D eigenvalue weighted by molar-refractivity contribution is -0.384. The lowest BCUT2D eigenvalue weighted by atomic mass is 10.0. The van der Waals surface area contributed by atoms with Crippen LogP contribution in [0.25, 0.3) is 21.3 Å². The number of nitrogens with zero attached hydrogens (tertiary/aromatic N) is 3. The van der Waals surface area contributed by atoms with Crippen molar-refractivity contribution in [1.29, 1.82) is 0 Å². The molecule has 2 aromatic heterocycles. The minimum Gasteiger partial charge on any atom is -0.267 e. The molecule has 0 aliphatic carbocycles. The molecule has 0 aliphatic heterocycles. The monoisotopic (exact) mass is 406 g/mol. The number of nitrogens with one attached hydrogen (secondary N) is 1. The smallest absolute Gasteiger partial charge is 0.267 e. The average Bonchev–Trinajstić information content (AvgIpc) is 3.07. The van der Waals surface area contributed by atoms with E-state index in [-0.39, 0.29) is 11.3 Å². The number of fused-ring (bicyclic) bond motifs is 1. The van der Waals surface area contributed by atoms with Gasteiger partial charge in [-0.15, -0.1) is 11.3 Å². The number of rotatable bonds is 4. The molecule has 0 aliphatic rings. The fraction of sp³-hybridized carbons (Fsp3) is 0.0500. The van der Waals surface area contributed by atoms with Gasteiger partial charge in [-0.2, -0.15) is 0 Å². The number of aryl methyl sites for hydroxylation is 1. The van der Waals surface area contributed by atoms with Crippen LogP contribution < -0.4 is 11.0 Å². The second-order valence-electron chi connectivity index (χ2n) is 6.24. The van der Waals surface area contributed by atoms with Gasteiger partial charge in [-0.3, -0.25) is 25.1 Å². The zero-order chi connectivity index (χ0) is 20.5. The van der Waals surface area contributed by atoms with Crippen molar-refractivity contribution in [2.75, 3.05) is 5.43 Å². The van der Waals surface area contributed by atoms with Gasteiger partial charge in [0.1, 0.15) is 11.2 Å². The molecule has 1 amide bonds. The number of non-ortho nitro benzene ring substituents is 1. The Balaban J connectivity index is 1.73. The average molecular weight is 406 g/mol. The molecule has 0 unspecified atom stereocenters. The number of hydrogen-bond acceptors (Lipinski definition) is 6. The predicted octanol–water partition coefficient (Wildman–Crippen LogP) is 3.73. The van der Waals surface area contributed by atoms with Crippen molar-refractivity contribution >= 4 is 33.1 Å². The molecule has 9 heteroatoms. The fourth-order valence-corrected chi connectivity index (χ4v) is 4.05. The number of aromatic nitrogens is 2. The van der Waals surface area contributed by atoms with Crippen LogP contribution in [-0.2, 0) is 0 Å². The molecule has 0 radical (unpaired) electrons. The normalized spacial score (nSPS) is 10.8. The Kier molecular flexibility index (Phi) is 4.65. The number of hydrogen-bond donors (Lipinski definition) is 1. The van der Waals surface area contributed by atoms with Gasteiger partial charge in [0.15, 0.2) is 0 Å². The third-order valence-corrected chi connectivity index (χ3v) is 5.43. The van der Waals surface area contributed by atoms with E-state index in [4.69, 9.17) is 0 Å². The summed E-state index contributed by atoms with van der Waals surface area (Å²) >= 11 is 1.42. The summed E-state index contributed by atoms with van der Waals surface area (Å²) in [5, 5.41) is 11.2. The summed E-state index contributed by atoms with van der Waals surface area (Å²) in [5.74, 6) is -0.573. The summed E-state index contributed by atoms with van der Waals surface area (Å²) in [6, 6.07) is 14.6. The molecular formula is C20H14N4O4S. The molecule has 2 heterocycles. The molecule has 0 saturated heterocycles. The Hall–Kier alpha value is -3.85. The van der Waals surface area contributed by atoms with E-state index in [2.05, 4.69) is 10.4 Å². The highest BCUT2D eigenvalue weighted by Gasteiger charge is 2.18. The third kappa shape index (κ3) is 3.39. The lowest BCUT2D eigenvalue weighted by Gasteiger charge is -2.08. The minimum atomic E-state index is -0.573. The van der Waals surface area contributed by atoms with Crippen molar-refractivity contribution < 1.29 is 9.72 Å². The van der Waals surface area contributed by atoms with Gasteiger partial charge in [0.25, 0.3) is 17.2 Å². The first-order chi connectivity index (χ1) is 14.0. The van der Waals surface area contributed by atoms with Crippen LogP contribution >= 0.6 is 11.3 Å². The molecule has 8 nitrogen and oxygen atoms in total. The highest BCUT2D eigenvalue weighted by Crippen LogP contribution is 2.35. The maximum absolute atomic E-state index is 13.1. The van der Waals surface area contributed by atoms with Gasteiger partial charge < -0.3 is 0 Å². The minimum absolute atomic E-state index is 0.122. The van der Waals surface area contributed by atoms with Crippen molar-refractivity contribution in [2.24, 2.45) is 0 Å². The Morgan fingerprint density at radius 2 is 1.83 bits per heavy atom. The molecule has 144 valence electrons. The lowest BCUT2D eigenvalue weighted by Crippen LogP contribution is -2.33. The first kappa shape index (κ1) is 18.5. The van der Waals surface area contributed by atoms with Crippen molar-refractivity contribution in [3.8, 4) is 11.1 Å². The first-order valence-corrected chi connectivity index (χ1v) is 9.39. The van der Waals surface area contributed by atoms with Gasteiger partial charge in [0.2, 0.25) is 0 Å². The van der Waals surface area contributed by atoms with E-state index in [1.807, 2.05) is 37.3 Å². The Morgan fingerprint density at radius 3 is 2.48 bits per heavy atom. The van der Waals surface area contributed by atoms with Crippen LogP contribution in [0.4, 0.5) is 5.69 Å². The quantitative estimate of drug-likeness (QED) is 0.410. The van der Waals surface area contributed by atoms with Gasteiger partial charge in [-0.05, 0) is 24.6 Å². The van der Waals surface area contributed by atoms with E-state index in [0.717, 1.165) is 20.7 Å². The van der Waals surface area contributed by atoms with Crippen LogP contribution in [0.15, 0.2) is 65.7 Å². The molecule has 0 bridgehead atoms. The number of nitro groups is 1. The van der Waals surface area contributed by atoms with Crippen LogP contribution in [0.1, 0.15) is 15.2 Å². The highest BCUT2D eigenvalue weighted by molar-refractivity contribution is 7.19. The summed E-state index contributed by atoms with van der Waals surface area (Å²) in [5.41, 5.74) is 3.85. The molecule has 0 fully saturated rings. The summed E-state index contributed by atoms with van der Waals surface area (Å²) in [6.45, 7) is 1.92. The van der Waals surface area contributed by atoms with Crippen LogP contribution in [0.2, 0.25) is 0 Å². The molecule has 2 aromatic carbocycles. The fourth-order valence-electron chi connectivity index (χ4n) is 3.04. The summed E-state index contributed by atoms with van der Waals surface area (Å²) < 4.78 is 1.03. The summed E-state index contributed by atoms with van der Waals surface area (Å²) in [7, 11) is 0. The van der Waals surface area contributed by atoms with Crippen molar-refractivity contribution in [1.82, 2.24) is 9.66 Å². The van der Waals surface area contributed by atoms with Gasteiger partial charge in [0, 0.05) is 28.1 Å². The highest BCUT2D eigenvalue weighted by atomic mass is 32.1. The number of thiophene rings is 1. The van der Waals surface area contributed by atoms with Crippen molar-refractivity contribution in [3.63, 3.8) is 0 Å². The number of amides is 1. The molecule has 4 rings (SSSR count). The van der Waals surface area contributed by atoms with Gasteiger partial charge in [-0.1, -0.05) is 30.3 Å². The second kappa shape index (κ2) is 7.28. The summed E-state index contributed by atoms with van der Waals surface area (Å²) in [4.78, 5) is 41.6. The third-order valence-electron chi connectivity index (χ3n) is 4.41. The van der Waals surface area contributed by atoms with Crippen LogP contribution in [0.3, 0.4) is 0 Å². The molecular weight excluding hydrogens is 392 g/mol. The Labute approximate surface area is 168 Å².